The molecule has 0 unspecified atom stereocenters. The van der Waals surface area contributed by atoms with Crippen molar-refractivity contribution >= 4 is 5.97 Å². The third-order valence-electron chi connectivity index (χ3n) is 5.27. The molecule has 5 nitrogen and oxygen atoms in total. The van der Waals surface area contributed by atoms with Gasteiger partial charge in [-0.05, 0) is 67.1 Å². The lowest BCUT2D eigenvalue weighted by Crippen LogP contribution is -2.09. The van der Waals surface area contributed by atoms with Gasteiger partial charge in [-0.15, -0.1) is 6.58 Å². The summed E-state index contributed by atoms with van der Waals surface area (Å²) < 4.78 is 11.2. The van der Waals surface area contributed by atoms with Gasteiger partial charge in [0.15, 0.2) is 0 Å². The number of ether oxygens (including phenoxy) is 2. The highest BCUT2D eigenvalue weighted by Crippen LogP contribution is 2.22. The lowest BCUT2D eigenvalue weighted by Gasteiger charge is -2.11. The lowest BCUT2D eigenvalue weighted by atomic mass is 10.1. The molecule has 2 aromatic carbocycles. The average Bonchev–Trinajstić information content (AvgIpc) is 2.84. The Hall–Kier alpha value is -3.47. The predicted octanol–water partition coefficient (Wildman–Crippen LogP) is 6.30. The van der Waals surface area contributed by atoms with Crippen molar-refractivity contribution in [1.29, 1.82) is 0 Å². The largest absolute Gasteiger partial charge is 0.493 e. The van der Waals surface area contributed by atoms with Crippen molar-refractivity contribution in [3.05, 3.63) is 84.7 Å². The Labute approximate surface area is 190 Å². The van der Waals surface area contributed by atoms with Gasteiger partial charge in [-0.25, -0.2) is 14.8 Å². The van der Waals surface area contributed by atoms with Crippen LogP contribution in [0.25, 0.3) is 11.3 Å². The number of unbranched alkanes of at least 4 members (excludes halogenated alkanes) is 1. The zero-order chi connectivity index (χ0) is 22.8. The van der Waals surface area contributed by atoms with E-state index in [0.29, 0.717) is 23.8 Å². The van der Waals surface area contributed by atoms with Crippen molar-refractivity contribution in [2.45, 2.75) is 39.5 Å². The fraction of sp³-hybridized carbons (Fsp3) is 0.296. The van der Waals surface area contributed by atoms with Crippen molar-refractivity contribution in [2.75, 3.05) is 6.61 Å². The summed E-state index contributed by atoms with van der Waals surface area (Å²) in [5.74, 6) is 1.07. The first kappa shape index (κ1) is 23.2. The number of rotatable bonds is 11. The van der Waals surface area contributed by atoms with Crippen LogP contribution in [0, 0.1) is 5.92 Å². The fourth-order valence-corrected chi connectivity index (χ4v) is 3.01. The minimum Gasteiger partial charge on any atom is -0.493 e. The third kappa shape index (κ3) is 6.77. The second-order valence-electron chi connectivity index (χ2n) is 7.86. The quantitative estimate of drug-likeness (QED) is 0.203. The van der Waals surface area contributed by atoms with E-state index in [2.05, 4.69) is 30.4 Å². The molecule has 3 rings (SSSR count). The van der Waals surface area contributed by atoms with Gasteiger partial charge in [0, 0.05) is 5.56 Å². The van der Waals surface area contributed by atoms with E-state index >= 15 is 0 Å². The Morgan fingerprint density at radius 2 is 1.81 bits per heavy atom. The van der Waals surface area contributed by atoms with Crippen LogP contribution in [0.1, 0.15) is 49.0 Å². The summed E-state index contributed by atoms with van der Waals surface area (Å²) in [6.07, 6.45) is 9.05. The molecule has 166 valence electrons. The molecule has 0 aliphatic rings. The van der Waals surface area contributed by atoms with Gasteiger partial charge in [-0.3, -0.25) is 0 Å². The van der Waals surface area contributed by atoms with Gasteiger partial charge in [0.25, 0.3) is 0 Å². The van der Waals surface area contributed by atoms with Crippen LogP contribution in [0.15, 0.2) is 73.6 Å². The molecule has 0 bridgehead atoms. The van der Waals surface area contributed by atoms with Crippen LogP contribution < -0.4 is 9.47 Å². The van der Waals surface area contributed by atoms with Gasteiger partial charge in [-0.2, -0.15) is 0 Å². The number of benzene rings is 2. The molecule has 3 aromatic rings. The first-order chi connectivity index (χ1) is 15.6. The molecule has 5 heteroatoms. The van der Waals surface area contributed by atoms with Gasteiger partial charge in [0.2, 0.25) is 5.88 Å². The summed E-state index contributed by atoms with van der Waals surface area (Å²) in [5.41, 5.74) is 3.28. The van der Waals surface area contributed by atoms with Gasteiger partial charge in [0.1, 0.15) is 5.75 Å². The first-order valence-electron chi connectivity index (χ1n) is 11.1. The average molecular weight is 431 g/mol. The first-order valence-corrected chi connectivity index (χ1v) is 11.1. The smallest absolute Gasteiger partial charge is 0.344 e. The Bertz CT molecular complexity index is 997. The van der Waals surface area contributed by atoms with Crippen molar-refractivity contribution in [2.24, 2.45) is 5.92 Å². The van der Waals surface area contributed by atoms with Crippen molar-refractivity contribution in [1.82, 2.24) is 9.97 Å². The highest BCUT2D eigenvalue weighted by atomic mass is 16.5. The van der Waals surface area contributed by atoms with Crippen molar-refractivity contribution in [3.8, 4) is 22.9 Å². The zero-order valence-electron chi connectivity index (χ0n) is 18.8. The van der Waals surface area contributed by atoms with E-state index in [9.17, 15) is 4.79 Å². The predicted molar refractivity (Wildman–Crippen MR) is 127 cm³/mol. The zero-order valence-corrected chi connectivity index (χ0v) is 18.8. The van der Waals surface area contributed by atoms with Gasteiger partial charge < -0.3 is 9.47 Å². The Kier molecular flexibility index (Phi) is 8.55. The standard InChI is InChI=1S/C27H30N2O3/c1-4-6-7-8-21-9-11-23(12-10-21)27(30)32-26-18-28-25(17-29-26)22-13-15-24(16-14-22)31-19-20(3)5-2/h4,9-18,20H,1,5-8,19H2,2-3H3/t20-/m0/s1. The fourth-order valence-electron chi connectivity index (χ4n) is 3.01. The second-order valence-corrected chi connectivity index (χ2v) is 7.86. The molecule has 0 saturated carbocycles. The normalized spacial score (nSPS) is 11.6. The summed E-state index contributed by atoms with van der Waals surface area (Å²) in [7, 11) is 0. The molecular weight excluding hydrogens is 400 g/mol. The maximum atomic E-state index is 12.4. The van der Waals surface area contributed by atoms with Crippen LogP contribution in [0.2, 0.25) is 0 Å². The van der Waals surface area contributed by atoms with E-state index in [0.717, 1.165) is 37.0 Å². The number of aromatic nitrogens is 2. The monoisotopic (exact) mass is 430 g/mol. The lowest BCUT2D eigenvalue weighted by molar-refractivity contribution is 0.0727. The molecule has 1 aromatic heterocycles. The van der Waals surface area contributed by atoms with Gasteiger partial charge >= 0.3 is 5.97 Å². The molecule has 0 amide bonds. The SMILES string of the molecule is C=CCCCc1ccc(C(=O)Oc2cnc(-c3ccc(OC[C@@H](C)CC)cc3)cn2)cc1. The van der Waals surface area contributed by atoms with E-state index in [1.807, 2.05) is 42.5 Å². The van der Waals surface area contributed by atoms with Gasteiger partial charge in [-0.1, -0.05) is 38.5 Å². The highest BCUT2D eigenvalue weighted by molar-refractivity contribution is 5.90. The number of esters is 1. The molecule has 0 radical (unpaired) electrons. The summed E-state index contributed by atoms with van der Waals surface area (Å²) in [5, 5.41) is 0. The van der Waals surface area contributed by atoms with E-state index in [1.165, 1.54) is 11.8 Å². The molecule has 0 spiro atoms. The molecule has 0 aliphatic heterocycles. The molecule has 1 heterocycles. The Morgan fingerprint density at radius 1 is 1.06 bits per heavy atom. The summed E-state index contributed by atoms with van der Waals surface area (Å²) in [6.45, 7) is 8.75. The van der Waals surface area contributed by atoms with E-state index in [-0.39, 0.29) is 5.88 Å². The summed E-state index contributed by atoms with van der Waals surface area (Å²) in [6, 6.07) is 15.2. The number of nitrogens with zero attached hydrogens (tertiary/aromatic N) is 2. The maximum Gasteiger partial charge on any atom is 0.344 e. The van der Waals surface area contributed by atoms with Gasteiger partial charge in [0.05, 0.1) is 30.3 Å². The van der Waals surface area contributed by atoms with Crippen LogP contribution in [-0.2, 0) is 6.42 Å². The molecular formula is C27H30N2O3. The molecule has 0 N–H and O–H groups in total. The molecule has 0 aliphatic carbocycles. The van der Waals surface area contributed by atoms with E-state index in [1.54, 1.807) is 18.3 Å². The van der Waals surface area contributed by atoms with E-state index in [4.69, 9.17) is 9.47 Å². The number of hydrogen-bond acceptors (Lipinski definition) is 5. The Morgan fingerprint density at radius 3 is 2.44 bits per heavy atom. The third-order valence-corrected chi connectivity index (χ3v) is 5.27. The van der Waals surface area contributed by atoms with E-state index < -0.39 is 5.97 Å². The van der Waals surface area contributed by atoms with Crippen LogP contribution >= 0.6 is 0 Å². The summed E-state index contributed by atoms with van der Waals surface area (Å²) >= 11 is 0. The topological polar surface area (TPSA) is 61.3 Å². The number of allylic oxidation sites excluding steroid dienone is 1. The number of carbonyl (C=O) groups excluding carboxylic acids is 1. The minimum atomic E-state index is -0.451. The molecule has 32 heavy (non-hydrogen) atoms. The van der Waals surface area contributed by atoms with Crippen LogP contribution in [0.3, 0.4) is 0 Å². The van der Waals surface area contributed by atoms with Crippen molar-refractivity contribution in [3.63, 3.8) is 0 Å². The number of hydrogen-bond donors (Lipinski definition) is 0. The number of aryl methyl sites for hydroxylation is 1. The summed E-state index contributed by atoms with van der Waals surface area (Å²) in [4.78, 5) is 21.0. The van der Waals surface area contributed by atoms with Crippen LogP contribution in [0.5, 0.6) is 11.6 Å². The Balaban J connectivity index is 1.56. The maximum absolute atomic E-state index is 12.4. The van der Waals surface area contributed by atoms with Crippen molar-refractivity contribution < 1.29 is 14.3 Å². The van der Waals surface area contributed by atoms with Crippen LogP contribution in [-0.4, -0.2) is 22.5 Å². The molecule has 0 saturated heterocycles. The van der Waals surface area contributed by atoms with Crippen LogP contribution in [0.4, 0.5) is 0 Å². The second kappa shape index (κ2) is 11.8. The number of carbonyl (C=O) groups is 1. The highest BCUT2D eigenvalue weighted by Gasteiger charge is 2.11. The molecule has 1 atom stereocenters. The molecule has 0 fully saturated rings. The minimum absolute atomic E-state index is 0.169.